The van der Waals surface area contributed by atoms with Crippen LogP contribution in [0.5, 0.6) is 0 Å². The Bertz CT molecular complexity index is 451. The Morgan fingerprint density at radius 1 is 1.07 bits per heavy atom. The zero-order valence-corrected chi connectivity index (χ0v) is 8.44. The quantitative estimate of drug-likeness (QED) is 0.663. The molecule has 1 aromatic heterocycles. The highest BCUT2D eigenvalue weighted by Gasteiger charge is 2.12. The summed E-state index contributed by atoms with van der Waals surface area (Å²) in [6.45, 7) is 0. The van der Waals surface area contributed by atoms with E-state index in [1.165, 1.54) is 18.4 Å². The van der Waals surface area contributed by atoms with Crippen LogP contribution in [0, 0.1) is 5.82 Å². The van der Waals surface area contributed by atoms with Crippen molar-refractivity contribution in [1.29, 1.82) is 0 Å². The minimum absolute atomic E-state index is 0.0828. The molecule has 0 aliphatic carbocycles. The molecule has 1 aromatic carbocycles. The number of hydrogen-bond acceptors (Lipinski definition) is 1. The molecule has 0 fully saturated rings. The molecule has 0 aliphatic heterocycles. The Morgan fingerprint density at radius 2 is 1.86 bits per heavy atom. The van der Waals surface area contributed by atoms with Crippen molar-refractivity contribution < 1.29 is 8.81 Å². The molecule has 1 nitrogen and oxygen atoms in total. The summed E-state index contributed by atoms with van der Waals surface area (Å²) < 4.78 is 18.1. The number of furan rings is 1. The van der Waals surface area contributed by atoms with Crippen molar-refractivity contribution in [2.45, 2.75) is 0 Å². The topological polar surface area (TPSA) is 13.1 Å². The van der Waals surface area contributed by atoms with Gasteiger partial charge in [-0.1, -0.05) is 23.2 Å². The summed E-state index contributed by atoms with van der Waals surface area (Å²) in [5.74, 6) is 0.0314. The smallest absolute Gasteiger partial charge is 0.143 e. The Morgan fingerprint density at radius 3 is 2.50 bits per heavy atom. The van der Waals surface area contributed by atoms with Gasteiger partial charge in [-0.05, 0) is 24.3 Å². The van der Waals surface area contributed by atoms with E-state index in [0.29, 0.717) is 11.3 Å². The average molecular weight is 231 g/mol. The van der Waals surface area contributed by atoms with E-state index in [9.17, 15) is 4.39 Å². The van der Waals surface area contributed by atoms with E-state index in [4.69, 9.17) is 27.6 Å². The van der Waals surface area contributed by atoms with E-state index < -0.39 is 5.82 Å². The van der Waals surface area contributed by atoms with Gasteiger partial charge in [0.05, 0.1) is 16.3 Å². The zero-order chi connectivity index (χ0) is 10.1. The van der Waals surface area contributed by atoms with Gasteiger partial charge in [0.2, 0.25) is 0 Å². The standard InChI is InChI=1S/C10H5Cl2FO/c11-9-6(8-2-1-5-14-8)3-4-7(13)10(9)12/h1-5H. The Hall–Kier alpha value is -0.990. The van der Waals surface area contributed by atoms with Crippen molar-refractivity contribution >= 4 is 23.2 Å². The molecule has 72 valence electrons. The van der Waals surface area contributed by atoms with Crippen LogP contribution in [0.1, 0.15) is 0 Å². The first-order valence-corrected chi connectivity index (χ1v) is 4.63. The largest absolute Gasteiger partial charge is 0.464 e. The van der Waals surface area contributed by atoms with Crippen LogP contribution in [0.25, 0.3) is 11.3 Å². The molecule has 0 saturated carbocycles. The van der Waals surface area contributed by atoms with Crippen molar-refractivity contribution in [3.8, 4) is 11.3 Å². The van der Waals surface area contributed by atoms with Crippen molar-refractivity contribution in [3.63, 3.8) is 0 Å². The van der Waals surface area contributed by atoms with Crippen LogP contribution in [0.4, 0.5) is 4.39 Å². The van der Waals surface area contributed by atoms with Gasteiger partial charge in [-0.2, -0.15) is 0 Å². The predicted octanol–water partition coefficient (Wildman–Crippen LogP) is 4.39. The highest BCUT2D eigenvalue weighted by molar-refractivity contribution is 6.43. The highest BCUT2D eigenvalue weighted by atomic mass is 35.5. The second kappa shape index (κ2) is 3.64. The van der Waals surface area contributed by atoms with Crippen LogP contribution in [0.2, 0.25) is 10.0 Å². The van der Waals surface area contributed by atoms with Crippen molar-refractivity contribution in [1.82, 2.24) is 0 Å². The average Bonchev–Trinajstić information content (AvgIpc) is 2.67. The fourth-order valence-corrected chi connectivity index (χ4v) is 1.56. The normalized spacial score (nSPS) is 10.5. The van der Waals surface area contributed by atoms with Crippen LogP contribution in [-0.2, 0) is 0 Å². The Balaban J connectivity index is 2.61. The summed E-state index contributed by atoms with van der Waals surface area (Å²) in [6.07, 6.45) is 1.52. The third kappa shape index (κ3) is 1.51. The molecule has 2 rings (SSSR count). The molecule has 0 radical (unpaired) electrons. The first-order chi connectivity index (χ1) is 6.70. The van der Waals surface area contributed by atoms with Gasteiger partial charge in [-0.25, -0.2) is 4.39 Å². The van der Waals surface area contributed by atoms with Gasteiger partial charge >= 0.3 is 0 Å². The van der Waals surface area contributed by atoms with E-state index in [0.717, 1.165) is 0 Å². The lowest BCUT2D eigenvalue weighted by Gasteiger charge is -2.03. The van der Waals surface area contributed by atoms with E-state index >= 15 is 0 Å². The SMILES string of the molecule is Fc1ccc(-c2ccco2)c(Cl)c1Cl. The molecular formula is C10H5Cl2FO. The fraction of sp³-hybridized carbons (Fsp3) is 0. The maximum absolute atomic E-state index is 13.0. The summed E-state index contributed by atoms with van der Waals surface area (Å²) in [4.78, 5) is 0. The lowest BCUT2D eigenvalue weighted by atomic mass is 10.2. The third-order valence-electron chi connectivity index (χ3n) is 1.82. The van der Waals surface area contributed by atoms with Crippen LogP contribution in [0.3, 0.4) is 0 Å². The summed E-state index contributed by atoms with van der Waals surface area (Å²) in [7, 11) is 0. The first-order valence-electron chi connectivity index (χ1n) is 3.87. The molecule has 0 N–H and O–H groups in total. The minimum Gasteiger partial charge on any atom is -0.464 e. The monoisotopic (exact) mass is 230 g/mol. The molecule has 0 spiro atoms. The maximum Gasteiger partial charge on any atom is 0.143 e. The van der Waals surface area contributed by atoms with Crippen LogP contribution in [-0.4, -0.2) is 0 Å². The fourth-order valence-electron chi connectivity index (χ4n) is 1.15. The summed E-state index contributed by atoms with van der Waals surface area (Å²) >= 11 is 11.5. The molecule has 1 heterocycles. The second-order valence-electron chi connectivity index (χ2n) is 2.70. The summed E-state index contributed by atoms with van der Waals surface area (Å²) in [5, 5.41) is 0.0854. The van der Waals surface area contributed by atoms with E-state index in [1.54, 1.807) is 12.1 Å². The van der Waals surface area contributed by atoms with Crippen molar-refractivity contribution in [2.75, 3.05) is 0 Å². The molecule has 14 heavy (non-hydrogen) atoms. The zero-order valence-electron chi connectivity index (χ0n) is 6.93. The number of rotatable bonds is 1. The maximum atomic E-state index is 13.0. The molecule has 4 heteroatoms. The third-order valence-corrected chi connectivity index (χ3v) is 2.68. The van der Waals surface area contributed by atoms with Gasteiger partial charge in [-0.3, -0.25) is 0 Å². The lowest BCUT2D eigenvalue weighted by molar-refractivity contribution is 0.581. The van der Waals surface area contributed by atoms with Crippen LogP contribution >= 0.6 is 23.2 Å². The molecule has 0 aliphatic rings. The van der Waals surface area contributed by atoms with Gasteiger partial charge in [0, 0.05) is 5.56 Å². The molecule has 0 atom stereocenters. The highest BCUT2D eigenvalue weighted by Crippen LogP contribution is 2.35. The molecular weight excluding hydrogens is 226 g/mol. The van der Waals surface area contributed by atoms with E-state index in [2.05, 4.69) is 0 Å². The predicted molar refractivity (Wildman–Crippen MR) is 54.1 cm³/mol. The summed E-state index contributed by atoms with van der Waals surface area (Å²) in [6, 6.07) is 6.24. The van der Waals surface area contributed by atoms with Gasteiger partial charge in [0.1, 0.15) is 11.6 Å². The Labute approximate surface area is 90.1 Å². The number of halogens is 3. The van der Waals surface area contributed by atoms with Crippen LogP contribution < -0.4 is 0 Å². The molecule has 0 saturated heterocycles. The summed E-state index contributed by atoms with van der Waals surface area (Å²) in [5.41, 5.74) is 0.586. The van der Waals surface area contributed by atoms with Gasteiger partial charge in [-0.15, -0.1) is 0 Å². The lowest BCUT2D eigenvalue weighted by Crippen LogP contribution is -1.82. The van der Waals surface area contributed by atoms with E-state index in [-0.39, 0.29) is 10.0 Å². The first kappa shape index (κ1) is 9.56. The number of benzene rings is 1. The molecule has 2 aromatic rings. The van der Waals surface area contributed by atoms with Crippen molar-refractivity contribution in [3.05, 3.63) is 46.4 Å². The number of hydrogen-bond donors (Lipinski definition) is 0. The Kier molecular flexibility index (Phi) is 2.48. The van der Waals surface area contributed by atoms with Gasteiger partial charge < -0.3 is 4.42 Å². The van der Waals surface area contributed by atoms with Gasteiger partial charge in [0.15, 0.2) is 0 Å². The second-order valence-corrected chi connectivity index (χ2v) is 3.46. The van der Waals surface area contributed by atoms with Crippen molar-refractivity contribution in [2.24, 2.45) is 0 Å². The molecule has 0 amide bonds. The molecule has 0 unspecified atom stereocenters. The van der Waals surface area contributed by atoms with E-state index in [1.807, 2.05) is 0 Å². The molecule has 0 bridgehead atoms. The van der Waals surface area contributed by atoms with Gasteiger partial charge in [0.25, 0.3) is 0 Å². The minimum atomic E-state index is -0.535. The van der Waals surface area contributed by atoms with Crippen LogP contribution in [0.15, 0.2) is 34.9 Å².